The minimum atomic E-state index is -0.784. The van der Waals surface area contributed by atoms with E-state index < -0.39 is 11.5 Å². The molecule has 2 aliphatic heterocycles. The van der Waals surface area contributed by atoms with Crippen LogP contribution in [0.2, 0.25) is 0 Å². The Hall–Kier alpha value is -2.40. The highest BCUT2D eigenvalue weighted by Gasteiger charge is 2.45. The van der Waals surface area contributed by atoms with E-state index in [1.54, 1.807) is 20.1 Å². The summed E-state index contributed by atoms with van der Waals surface area (Å²) in [6, 6.07) is 9.51. The first kappa shape index (κ1) is 16.5. The average molecular weight is 342 g/mol. The first-order valence-corrected chi connectivity index (χ1v) is 7.57. The van der Waals surface area contributed by atoms with Gasteiger partial charge in [-0.2, -0.15) is 0 Å². The number of nitrogens with zero attached hydrogens (tertiary/aromatic N) is 3. The van der Waals surface area contributed by atoms with Crippen molar-refractivity contribution in [3.05, 3.63) is 47.2 Å². The monoisotopic (exact) mass is 341 g/mol. The van der Waals surface area contributed by atoms with Crippen LogP contribution in [0.4, 0.5) is 0 Å². The minimum Gasteiger partial charge on any atom is -0.296 e. The molecule has 0 saturated carbocycles. The fraction of sp³-hybridized carbons (Fsp3) is 0.278. The number of amidine groups is 1. The van der Waals surface area contributed by atoms with Crippen molar-refractivity contribution >= 4 is 41.7 Å². The van der Waals surface area contributed by atoms with Gasteiger partial charge in [-0.1, -0.05) is 30.3 Å². The molecule has 1 atom stereocenters. The second kappa shape index (κ2) is 5.60. The molecular weight excluding hydrogens is 326 g/mol. The second-order valence-electron chi connectivity index (χ2n) is 6.43. The van der Waals surface area contributed by atoms with Crippen LogP contribution < -0.4 is 0 Å². The number of carbonyl (C=O) groups excluding carboxylic acids is 2. The van der Waals surface area contributed by atoms with Gasteiger partial charge in [-0.05, 0) is 13.8 Å². The van der Waals surface area contributed by atoms with Crippen molar-refractivity contribution in [1.29, 1.82) is 0 Å². The predicted octanol–water partition coefficient (Wildman–Crippen LogP) is 2.58. The normalized spacial score (nSPS) is 24.0. The second-order valence-corrected chi connectivity index (χ2v) is 6.43. The van der Waals surface area contributed by atoms with Gasteiger partial charge in [-0.15, -0.1) is 12.4 Å². The lowest BCUT2D eigenvalue weighted by Crippen LogP contribution is -2.44. The number of hydrogen-bond acceptors (Lipinski definition) is 5. The van der Waals surface area contributed by atoms with Crippen LogP contribution in [0.15, 0.2) is 56.6 Å². The Bertz CT molecular complexity index is 864. The lowest BCUT2D eigenvalue weighted by molar-refractivity contribution is -0.128. The highest BCUT2D eigenvalue weighted by atomic mass is 35.5. The summed E-state index contributed by atoms with van der Waals surface area (Å²) in [5.41, 5.74) is 1.66. The van der Waals surface area contributed by atoms with Gasteiger partial charge in [0, 0.05) is 23.8 Å². The third kappa shape index (κ3) is 2.36. The zero-order valence-corrected chi connectivity index (χ0v) is 14.1. The summed E-state index contributed by atoms with van der Waals surface area (Å²) in [6.45, 7) is 3.54. The first-order chi connectivity index (χ1) is 11.0. The topological polar surface area (TPSA) is 71.2 Å². The number of Topliss-reactive ketones (excluding diaryl/α,β-unsaturated/α-hetero) is 2. The Labute approximate surface area is 145 Å². The maximum absolute atomic E-state index is 12.6. The molecule has 1 aromatic carbocycles. The van der Waals surface area contributed by atoms with Gasteiger partial charge in [0.05, 0.1) is 5.92 Å². The molecule has 1 aromatic rings. The number of halogens is 1. The fourth-order valence-electron chi connectivity index (χ4n) is 3.12. The minimum absolute atomic E-state index is 0. The highest BCUT2D eigenvalue weighted by Crippen LogP contribution is 2.36. The summed E-state index contributed by atoms with van der Waals surface area (Å²) in [5, 5.41) is 0. The molecule has 3 aliphatic rings. The number of carbonyl (C=O) groups is 2. The van der Waals surface area contributed by atoms with Crippen molar-refractivity contribution in [3.63, 3.8) is 0 Å². The zero-order valence-electron chi connectivity index (χ0n) is 13.3. The molecule has 0 radical (unpaired) electrons. The molecule has 0 N–H and O–H groups in total. The summed E-state index contributed by atoms with van der Waals surface area (Å²) in [7, 11) is 0. The van der Waals surface area contributed by atoms with Crippen LogP contribution >= 0.6 is 12.4 Å². The van der Waals surface area contributed by atoms with Crippen LogP contribution in [-0.2, 0) is 9.59 Å². The molecule has 122 valence electrons. The van der Waals surface area contributed by atoms with Gasteiger partial charge in [-0.25, -0.2) is 9.98 Å². The molecule has 0 amide bonds. The summed E-state index contributed by atoms with van der Waals surface area (Å²) < 4.78 is 0. The molecule has 24 heavy (non-hydrogen) atoms. The number of allylic oxidation sites excluding steroid dienone is 2. The third-order valence-corrected chi connectivity index (χ3v) is 4.44. The largest absolute Gasteiger partial charge is 0.296 e. The molecule has 0 bridgehead atoms. The van der Waals surface area contributed by atoms with Crippen LogP contribution in [0.25, 0.3) is 0 Å². The SMILES string of the molecule is CC1(C)N=CC2=C3N=C(c4ccccc4)N=C3C(=O)CC2C1=O.Cl. The smallest absolute Gasteiger partial charge is 0.184 e. The quantitative estimate of drug-likeness (QED) is 0.787. The first-order valence-electron chi connectivity index (χ1n) is 7.57. The van der Waals surface area contributed by atoms with E-state index in [0.29, 0.717) is 17.2 Å². The number of aliphatic imine (C=N–C) groups is 3. The van der Waals surface area contributed by atoms with Gasteiger partial charge in [0.15, 0.2) is 17.4 Å². The lowest BCUT2D eigenvalue weighted by atomic mass is 9.74. The zero-order chi connectivity index (χ0) is 16.2. The molecule has 0 aromatic heterocycles. The number of rotatable bonds is 1. The molecule has 0 fully saturated rings. The van der Waals surface area contributed by atoms with Gasteiger partial charge in [0.1, 0.15) is 16.9 Å². The molecule has 0 saturated heterocycles. The van der Waals surface area contributed by atoms with Crippen LogP contribution in [0, 0.1) is 5.92 Å². The Morgan fingerprint density at radius 3 is 2.50 bits per heavy atom. The maximum Gasteiger partial charge on any atom is 0.184 e. The summed E-state index contributed by atoms with van der Waals surface area (Å²) in [4.78, 5) is 38.3. The van der Waals surface area contributed by atoms with E-state index in [1.165, 1.54) is 0 Å². The van der Waals surface area contributed by atoms with Crippen molar-refractivity contribution in [1.82, 2.24) is 0 Å². The Morgan fingerprint density at radius 1 is 1.08 bits per heavy atom. The molecule has 1 unspecified atom stereocenters. The Kier molecular flexibility index (Phi) is 3.84. The molecule has 4 rings (SSSR count). The van der Waals surface area contributed by atoms with Gasteiger partial charge < -0.3 is 0 Å². The summed E-state index contributed by atoms with van der Waals surface area (Å²) in [5.74, 6) is -0.0910. The molecule has 5 nitrogen and oxygen atoms in total. The van der Waals surface area contributed by atoms with E-state index in [1.807, 2.05) is 30.3 Å². The van der Waals surface area contributed by atoms with E-state index in [2.05, 4.69) is 15.0 Å². The predicted molar refractivity (Wildman–Crippen MR) is 95.4 cm³/mol. The van der Waals surface area contributed by atoms with Crippen LogP contribution in [0.5, 0.6) is 0 Å². The van der Waals surface area contributed by atoms with Gasteiger partial charge >= 0.3 is 0 Å². The van der Waals surface area contributed by atoms with Crippen molar-refractivity contribution in [2.45, 2.75) is 25.8 Å². The van der Waals surface area contributed by atoms with Crippen LogP contribution in [0.1, 0.15) is 25.8 Å². The van der Waals surface area contributed by atoms with E-state index >= 15 is 0 Å². The third-order valence-electron chi connectivity index (χ3n) is 4.44. The van der Waals surface area contributed by atoms with E-state index in [0.717, 1.165) is 11.1 Å². The molecule has 1 aliphatic carbocycles. The fourth-order valence-corrected chi connectivity index (χ4v) is 3.12. The average Bonchev–Trinajstić information content (AvgIpc) is 2.99. The number of hydrogen-bond donors (Lipinski definition) is 0. The molecular formula is C18H16ClN3O2. The van der Waals surface area contributed by atoms with Crippen LogP contribution in [-0.4, -0.2) is 34.9 Å². The highest BCUT2D eigenvalue weighted by molar-refractivity contribution is 6.51. The Balaban J connectivity index is 0.00000169. The van der Waals surface area contributed by atoms with Crippen molar-refractivity contribution in [3.8, 4) is 0 Å². The van der Waals surface area contributed by atoms with Gasteiger partial charge in [0.25, 0.3) is 0 Å². The van der Waals surface area contributed by atoms with Crippen molar-refractivity contribution < 1.29 is 9.59 Å². The Morgan fingerprint density at radius 2 is 1.79 bits per heavy atom. The maximum atomic E-state index is 12.6. The molecule has 2 heterocycles. The van der Waals surface area contributed by atoms with Crippen molar-refractivity contribution in [2.24, 2.45) is 20.9 Å². The summed E-state index contributed by atoms with van der Waals surface area (Å²) >= 11 is 0. The summed E-state index contributed by atoms with van der Waals surface area (Å²) in [6.07, 6.45) is 1.85. The molecule has 6 heteroatoms. The van der Waals surface area contributed by atoms with Crippen LogP contribution in [0.3, 0.4) is 0 Å². The molecule has 0 spiro atoms. The number of benzene rings is 1. The van der Waals surface area contributed by atoms with E-state index in [9.17, 15) is 9.59 Å². The van der Waals surface area contributed by atoms with Crippen molar-refractivity contribution in [2.75, 3.05) is 0 Å². The van der Waals surface area contributed by atoms with E-state index in [4.69, 9.17) is 0 Å². The van der Waals surface area contributed by atoms with E-state index in [-0.39, 0.29) is 30.4 Å². The van der Waals surface area contributed by atoms with Gasteiger partial charge in [0.2, 0.25) is 0 Å². The number of ketones is 2. The number of fused-ring (bicyclic) bond motifs is 2. The van der Waals surface area contributed by atoms with Gasteiger partial charge in [-0.3, -0.25) is 14.6 Å². The lowest BCUT2D eigenvalue weighted by Gasteiger charge is -2.32. The standard InChI is InChI=1S/C18H15N3O2.ClH/c1-18(2)16(23)11-8-13(22)15-14(12(11)9-19-18)20-17(21-15)10-6-4-3-5-7-10;/h3-7,9,11H,8H2,1-2H3;1H.